The van der Waals surface area contributed by atoms with E-state index in [1.165, 1.54) is 5.56 Å². The summed E-state index contributed by atoms with van der Waals surface area (Å²) in [7, 11) is 0. The highest BCUT2D eigenvalue weighted by atomic mass is 32.1. The Labute approximate surface area is 162 Å². The van der Waals surface area contributed by atoms with Gasteiger partial charge in [0.1, 0.15) is 21.5 Å². The Bertz CT molecular complexity index is 1070. The number of thiazole rings is 1. The first-order valence-electron chi connectivity index (χ1n) is 8.73. The fourth-order valence-corrected chi connectivity index (χ4v) is 3.75. The smallest absolute Gasteiger partial charge is 0.146 e. The molecule has 0 spiro atoms. The summed E-state index contributed by atoms with van der Waals surface area (Å²) in [5.74, 6) is 0.496. The summed E-state index contributed by atoms with van der Waals surface area (Å²) >= 11 is 1.55. The average Bonchev–Trinajstić information content (AvgIpc) is 3.13. The summed E-state index contributed by atoms with van der Waals surface area (Å²) in [6, 6.07) is 28.3. The van der Waals surface area contributed by atoms with Gasteiger partial charge >= 0.3 is 0 Å². The van der Waals surface area contributed by atoms with Crippen LogP contribution in [0.2, 0.25) is 0 Å². The van der Waals surface area contributed by atoms with Crippen molar-refractivity contribution in [3.8, 4) is 21.8 Å². The van der Waals surface area contributed by atoms with Crippen LogP contribution in [-0.2, 0) is 0 Å². The predicted octanol–water partition coefficient (Wildman–Crippen LogP) is 5.82. The summed E-state index contributed by atoms with van der Waals surface area (Å²) < 4.78 is 0. The lowest BCUT2D eigenvalue weighted by Crippen LogP contribution is -2.12. The van der Waals surface area contributed by atoms with Gasteiger partial charge in [-0.15, -0.1) is 0 Å². The van der Waals surface area contributed by atoms with Crippen LogP contribution in [0.25, 0.3) is 21.8 Å². The molecule has 4 rings (SSSR count). The monoisotopic (exact) mass is 369 g/mol. The van der Waals surface area contributed by atoms with E-state index < -0.39 is 0 Å². The molecular weight excluding hydrogens is 350 g/mol. The minimum atomic E-state index is 0.496. The maximum absolute atomic E-state index is 6.30. The lowest BCUT2D eigenvalue weighted by Gasteiger charge is -2.02. The van der Waals surface area contributed by atoms with Gasteiger partial charge in [-0.3, -0.25) is 0 Å². The van der Waals surface area contributed by atoms with Gasteiger partial charge < -0.3 is 5.73 Å². The molecule has 4 aromatic rings. The van der Waals surface area contributed by atoms with Crippen LogP contribution in [0, 0.1) is 6.92 Å². The van der Waals surface area contributed by atoms with Gasteiger partial charge in [-0.05, 0) is 6.92 Å². The standard InChI is InChI=1S/C23H19N3S/c1-16-12-14-18(15-13-16)21(24)26-23-20(17-8-4-2-5-9-17)25-22(27-23)19-10-6-3-7-11-19/h2-15H,1H3,(H2,24,26). The van der Waals surface area contributed by atoms with Crippen molar-refractivity contribution >= 4 is 22.2 Å². The van der Waals surface area contributed by atoms with Gasteiger partial charge in [-0.25, -0.2) is 9.98 Å². The molecule has 4 heteroatoms. The fourth-order valence-electron chi connectivity index (χ4n) is 2.77. The van der Waals surface area contributed by atoms with Crippen molar-refractivity contribution in [3.63, 3.8) is 0 Å². The van der Waals surface area contributed by atoms with Crippen LogP contribution in [0.3, 0.4) is 0 Å². The van der Waals surface area contributed by atoms with Crippen molar-refractivity contribution in [1.29, 1.82) is 0 Å². The number of aryl methyl sites for hydroxylation is 1. The maximum Gasteiger partial charge on any atom is 0.146 e. The van der Waals surface area contributed by atoms with Crippen LogP contribution < -0.4 is 5.73 Å². The molecule has 0 saturated heterocycles. The van der Waals surface area contributed by atoms with Crippen LogP contribution in [0.4, 0.5) is 5.00 Å². The SMILES string of the molecule is Cc1ccc(C(N)=Nc2sc(-c3ccccc3)nc2-c2ccccc2)cc1. The Kier molecular flexibility index (Phi) is 4.81. The van der Waals surface area contributed by atoms with E-state index in [0.717, 1.165) is 32.4 Å². The average molecular weight is 369 g/mol. The lowest BCUT2D eigenvalue weighted by molar-refractivity contribution is 1.38. The van der Waals surface area contributed by atoms with Crippen LogP contribution in [-0.4, -0.2) is 10.8 Å². The molecule has 0 aliphatic heterocycles. The third-order valence-electron chi connectivity index (χ3n) is 4.25. The second kappa shape index (κ2) is 7.56. The van der Waals surface area contributed by atoms with Crippen LogP contribution in [0.1, 0.15) is 11.1 Å². The molecule has 1 aromatic heterocycles. The third kappa shape index (κ3) is 3.81. The molecule has 0 aliphatic carbocycles. The maximum atomic E-state index is 6.30. The van der Waals surface area contributed by atoms with Crippen molar-refractivity contribution in [2.24, 2.45) is 10.7 Å². The van der Waals surface area contributed by atoms with Crippen molar-refractivity contribution < 1.29 is 0 Å². The molecule has 0 bridgehead atoms. The number of rotatable bonds is 4. The minimum Gasteiger partial charge on any atom is -0.383 e. The van der Waals surface area contributed by atoms with Crippen molar-refractivity contribution in [1.82, 2.24) is 4.98 Å². The third-order valence-corrected chi connectivity index (χ3v) is 5.24. The Morgan fingerprint density at radius 1 is 0.815 bits per heavy atom. The summed E-state index contributed by atoms with van der Waals surface area (Å²) in [6.07, 6.45) is 0. The summed E-state index contributed by atoms with van der Waals surface area (Å²) in [5.41, 5.74) is 11.4. The summed E-state index contributed by atoms with van der Waals surface area (Å²) in [6.45, 7) is 2.06. The van der Waals surface area contributed by atoms with Crippen LogP contribution in [0.15, 0.2) is 89.9 Å². The zero-order chi connectivity index (χ0) is 18.6. The normalized spacial score (nSPS) is 11.5. The van der Waals surface area contributed by atoms with E-state index in [2.05, 4.69) is 19.1 Å². The van der Waals surface area contributed by atoms with Crippen molar-refractivity contribution in [3.05, 3.63) is 96.1 Å². The molecule has 1 heterocycles. The van der Waals surface area contributed by atoms with E-state index >= 15 is 0 Å². The molecule has 0 unspecified atom stereocenters. The second-order valence-corrected chi connectivity index (χ2v) is 7.25. The number of aliphatic imine (C=N–C) groups is 1. The first-order valence-corrected chi connectivity index (χ1v) is 9.55. The molecule has 0 aliphatic rings. The molecule has 2 N–H and O–H groups in total. The Hall–Kier alpha value is -3.24. The molecule has 3 nitrogen and oxygen atoms in total. The first-order chi connectivity index (χ1) is 13.2. The van der Waals surface area contributed by atoms with E-state index in [-0.39, 0.29) is 0 Å². The van der Waals surface area contributed by atoms with Gasteiger partial charge in [0.2, 0.25) is 0 Å². The van der Waals surface area contributed by atoms with E-state index in [1.54, 1.807) is 11.3 Å². The Balaban J connectivity index is 1.82. The molecule has 0 amide bonds. The van der Waals surface area contributed by atoms with E-state index in [4.69, 9.17) is 15.7 Å². The largest absolute Gasteiger partial charge is 0.383 e. The Morgan fingerprint density at radius 2 is 1.41 bits per heavy atom. The highest BCUT2D eigenvalue weighted by Gasteiger charge is 2.14. The first kappa shape index (κ1) is 17.2. The molecule has 27 heavy (non-hydrogen) atoms. The highest BCUT2D eigenvalue weighted by Crippen LogP contribution is 2.39. The minimum absolute atomic E-state index is 0.496. The predicted molar refractivity (Wildman–Crippen MR) is 115 cm³/mol. The molecule has 0 radical (unpaired) electrons. The Morgan fingerprint density at radius 3 is 2.04 bits per heavy atom. The molecule has 0 saturated carbocycles. The summed E-state index contributed by atoms with van der Waals surface area (Å²) in [5, 5.41) is 1.75. The van der Waals surface area contributed by atoms with Gasteiger partial charge in [-0.1, -0.05) is 102 Å². The lowest BCUT2D eigenvalue weighted by atomic mass is 10.1. The number of nitrogens with two attached hydrogens (primary N) is 1. The second-order valence-electron chi connectivity index (χ2n) is 6.27. The zero-order valence-corrected chi connectivity index (χ0v) is 15.8. The van der Waals surface area contributed by atoms with E-state index in [9.17, 15) is 0 Å². The van der Waals surface area contributed by atoms with E-state index in [0.29, 0.717) is 5.84 Å². The van der Waals surface area contributed by atoms with Gasteiger partial charge in [-0.2, -0.15) is 0 Å². The quantitative estimate of drug-likeness (QED) is 0.364. The van der Waals surface area contributed by atoms with Crippen LogP contribution in [0.5, 0.6) is 0 Å². The van der Waals surface area contributed by atoms with Gasteiger partial charge in [0, 0.05) is 16.7 Å². The molecule has 0 atom stereocenters. The number of hydrogen-bond donors (Lipinski definition) is 1. The molecule has 3 aromatic carbocycles. The summed E-state index contributed by atoms with van der Waals surface area (Å²) in [4.78, 5) is 9.60. The molecular formula is C23H19N3S. The van der Waals surface area contributed by atoms with Gasteiger partial charge in [0.05, 0.1) is 0 Å². The number of amidine groups is 1. The molecule has 132 valence electrons. The zero-order valence-electron chi connectivity index (χ0n) is 15.0. The van der Waals surface area contributed by atoms with Crippen LogP contribution >= 0.6 is 11.3 Å². The van der Waals surface area contributed by atoms with Crippen molar-refractivity contribution in [2.45, 2.75) is 6.92 Å². The van der Waals surface area contributed by atoms with Gasteiger partial charge in [0.25, 0.3) is 0 Å². The number of hydrogen-bond acceptors (Lipinski definition) is 3. The number of aromatic nitrogens is 1. The van der Waals surface area contributed by atoms with Crippen molar-refractivity contribution in [2.75, 3.05) is 0 Å². The highest BCUT2D eigenvalue weighted by molar-refractivity contribution is 7.19. The van der Waals surface area contributed by atoms with E-state index in [1.807, 2.05) is 72.8 Å². The topological polar surface area (TPSA) is 51.3 Å². The van der Waals surface area contributed by atoms with Gasteiger partial charge in [0.15, 0.2) is 0 Å². The number of nitrogens with zero attached hydrogens (tertiary/aromatic N) is 2. The molecule has 0 fully saturated rings. The fraction of sp³-hybridized carbons (Fsp3) is 0.0435. The number of benzene rings is 3.